The van der Waals surface area contributed by atoms with E-state index >= 15 is 0 Å². The minimum Gasteiger partial charge on any atom is -0.462 e. The molecule has 0 bridgehead atoms. The minimum absolute atomic E-state index is 0.0392. The summed E-state index contributed by atoms with van der Waals surface area (Å²) >= 11 is 0. The molecule has 296 valence electrons. The molecule has 0 saturated carbocycles. The van der Waals surface area contributed by atoms with E-state index in [2.05, 4.69) is 50.3 Å². The highest BCUT2D eigenvalue weighted by molar-refractivity contribution is 5.70. The number of carbonyl (C=O) groups excluding carboxylic acids is 2. The number of allylic oxidation sites excluding steroid dienone is 7. The molecule has 0 unspecified atom stereocenters. The van der Waals surface area contributed by atoms with Crippen molar-refractivity contribution in [2.75, 3.05) is 13.2 Å². The highest BCUT2D eigenvalue weighted by Gasteiger charge is 2.18. The van der Waals surface area contributed by atoms with Crippen molar-refractivity contribution in [3.63, 3.8) is 0 Å². The Labute approximate surface area is 313 Å². The maximum Gasteiger partial charge on any atom is 0.306 e. The van der Waals surface area contributed by atoms with Gasteiger partial charge in [-0.25, -0.2) is 0 Å². The van der Waals surface area contributed by atoms with E-state index in [4.69, 9.17) is 9.47 Å². The maximum atomic E-state index is 12.2. The van der Waals surface area contributed by atoms with E-state index in [-0.39, 0.29) is 25.4 Å². The highest BCUT2D eigenvalue weighted by Crippen LogP contribution is 2.15. The van der Waals surface area contributed by atoms with Crippen molar-refractivity contribution < 1.29 is 34.4 Å². The molecule has 0 amide bonds. The summed E-state index contributed by atoms with van der Waals surface area (Å²) in [5, 5.41) is 30.0. The molecule has 0 aliphatic carbocycles. The number of aliphatic hydroxyl groups excluding tert-OH is 3. The SMILES string of the molecule is CC/C=C\C/C=C\C/C=C\C/C=C\C[C@@H](O)[C@H](O)CCCC(=O)O[C@@H](CO)COC(=O)CCCCCCCCCCCCCCCCCCCC. The van der Waals surface area contributed by atoms with Crippen molar-refractivity contribution in [3.05, 3.63) is 48.6 Å². The zero-order valence-electron chi connectivity index (χ0n) is 32.8. The number of hydrogen-bond acceptors (Lipinski definition) is 7. The lowest BCUT2D eigenvalue weighted by Crippen LogP contribution is -2.29. The van der Waals surface area contributed by atoms with Crippen LogP contribution in [0.15, 0.2) is 48.6 Å². The fraction of sp³-hybridized carbons (Fsp3) is 0.773. The van der Waals surface area contributed by atoms with Crippen molar-refractivity contribution in [1.29, 1.82) is 0 Å². The number of ether oxygens (including phenoxy) is 2. The molecule has 0 heterocycles. The summed E-state index contributed by atoms with van der Waals surface area (Å²) in [6.45, 7) is 3.79. The van der Waals surface area contributed by atoms with Crippen LogP contribution in [0.25, 0.3) is 0 Å². The van der Waals surface area contributed by atoms with Crippen LogP contribution in [0.4, 0.5) is 0 Å². The van der Waals surface area contributed by atoms with Gasteiger partial charge in [-0.2, -0.15) is 0 Å². The molecule has 0 aromatic rings. The predicted molar refractivity (Wildman–Crippen MR) is 213 cm³/mol. The summed E-state index contributed by atoms with van der Waals surface area (Å²) in [7, 11) is 0. The lowest BCUT2D eigenvalue weighted by Gasteiger charge is -2.17. The Kier molecular flexibility index (Phi) is 37.3. The number of rotatable bonds is 37. The van der Waals surface area contributed by atoms with Crippen molar-refractivity contribution >= 4 is 11.9 Å². The molecule has 0 fully saturated rings. The molecular formula is C44H78O7. The summed E-state index contributed by atoms with van der Waals surface area (Å²) in [4.78, 5) is 24.3. The summed E-state index contributed by atoms with van der Waals surface area (Å²) in [6.07, 6.45) is 42.1. The first kappa shape index (κ1) is 48.8. The van der Waals surface area contributed by atoms with Gasteiger partial charge in [-0.15, -0.1) is 0 Å². The number of unbranched alkanes of at least 4 members (excludes halogenated alkanes) is 17. The number of hydrogen-bond donors (Lipinski definition) is 3. The average Bonchev–Trinajstić information content (AvgIpc) is 3.13. The molecule has 51 heavy (non-hydrogen) atoms. The Morgan fingerprint density at radius 1 is 0.529 bits per heavy atom. The van der Waals surface area contributed by atoms with Crippen LogP contribution in [0.1, 0.15) is 187 Å². The van der Waals surface area contributed by atoms with E-state index in [1.165, 1.54) is 96.3 Å². The monoisotopic (exact) mass is 719 g/mol. The van der Waals surface area contributed by atoms with Crippen molar-refractivity contribution in [1.82, 2.24) is 0 Å². The van der Waals surface area contributed by atoms with Gasteiger partial charge < -0.3 is 24.8 Å². The molecule has 0 rings (SSSR count). The van der Waals surface area contributed by atoms with Crippen LogP contribution in [0.3, 0.4) is 0 Å². The van der Waals surface area contributed by atoms with Gasteiger partial charge in [-0.05, 0) is 51.4 Å². The third-order valence-electron chi connectivity index (χ3n) is 9.09. The molecule has 0 aliphatic heterocycles. The first-order valence-corrected chi connectivity index (χ1v) is 20.9. The third-order valence-corrected chi connectivity index (χ3v) is 9.09. The van der Waals surface area contributed by atoms with Crippen LogP contribution in [-0.2, 0) is 19.1 Å². The van der Waals surface area contributed by atoms with E-state index in [1.807, 2.05) is 12.2 Å². The summed E-state index contributed by atoms with van der Waals surface area (Å²) in [5.74, 6) is -0.874. The maximum absolute atomic E-state index is 12.2. The average molecular weight is 719 g/mol. The van der Waals surface area contributed by atoms with Crippen LogP contribution >= 0.6 is 0 Å². The van der Waals surface area contributed by atoms with Gasteiger partial charge in [0.2, 0.25) is 0 Å². The molecular weight excluding hydrogens is 640 g/mol. The van der Waals surface area contributed by atoms with Gasteiger partial charge >= 0.3 is 11.9 Å². The van der Waals surface area contributed by atoms with E-state index < -0.39 is 30.9 Å². The van der Waals surface area contributed by atoms with E-state index in [0.29, 0.717) is 19.3 Å². The first-order valence-electron chi connectivity index (χ1n) is 20.9. The number of carbonyl (C=O) groups is 2. The van der Waals surface area contributed by atoms with E-state index in [9.17, 15) is 24.9 Å². The number of aliphatic hydroxyl groups is 3. The van der Waals surface area contributed by atoms with Gasteiger partial charge in [0.15, 0.2) is 6.10 Å². The zero-order valence-corrected chi connectivity index (χ0v) is 32.8. The molecule has 3 N–H and O–H groups in total. The molecule has 7 nitrogen and oxygen atoms in total. The van der Waals surface area contributed by atoms with E-state index in [1.54, 1.807) is 0 Å². The van der Waals surface area contributed by atoms with Crippen LogP contribution in [0, 0.1) is 0 Å². The van der Waals surface area contributed by atoms with Crippen molar-refractivity contribution in [2.24, 2.45) is 0 Å². The van der Waals surface area contributed by atoms with Crippen LogP contribution in [0.2, 0.25) is 0 Å². The molecule has 7 heteroatoms. The molecule has 0 spiro atoms. The van der Waals surface area contributed by atoms with Gasteiger partial charge in [0.05, 0.1) is 18.8 Å². The van der Waals surface area contributed by atoms with E-state index in [0.717, 1.165) is 44.9 Å². The van der Waals surface area contributed by atoms with Crippen LogP contribution in [-0.4, -0.2) is 58.8 Å². The molecule has 0 saturated heterocycles. The zero-order chi connectivity index (χ0) is 37.5. The Morgan fingerprint density at radius 3 is 1.43 bits per heavy atom. The minimum atomic E-state index is -0.946. The largest absolute Gasteiger partial charge is 0.462 e. The summed E-state index contributed by atoms with van der Waals surface area (Å²) < 4.78 is 10.5. The van der Waals surface area contributed by atoms with Crippen LogP contribution < -0.4 is 0 Å². The van der Waals surface area contributed by atoms with Crippen molar-refractivity contribution in [3.8, 4) is 0 Å². The predicted octanol–water partition coefficient (Wildman–Crippen LogP) is 11.0. The van der Waals surface area contributed by atoms with Crippen molar-refractivity contribution in [2.45, 2.75) is 206 Å². The lowest BCUT2D eigenvalue weighted by atomic mass is 10.0. The van der Waals surface area contributed by atoms with Gasteiger partial charge in [-0.3, -0.25) is 9.59 Å². The van der Waals surface area contributed by atoms with Gasteiger partial charge in [-0.1, -0.05) is 172 Å². The Bertz CT molecular complexity index is 894. The molecule has 3 atom stereocenters. The fourth-order valence-corrected chi connectivity index (χ4v) is 5.82. The highest BCUT2D eigenvalue weighted by atomic mass is 16.6. The van der Waals surface area contributed by atoms with Gasteiger partial charge in [0.1, 0.15) is 6.61 Å². The summed E-state index contributed by atoms with van der Waals surface area (Å²) in [5.41, 5.74) is 0. The second kappa shape index (κ2) is 39.0. The van der Waals surface area contributed by atoms with Crippen LogP contribution in [0.5, 0.6) is 0 Å². The smallest absolute Gasteiger partial charge is 0.306 e. The molecule has 0 aromatic heterocycles. The fourth-order valence-electron chi connectivity index (χ4n) is 5.82. The normalized spacial score (nSPS) is 13.9. The standard InChI is InChI=1S/C44H78O7/c1-3-5-7-9-11-13-15-17-18-19-20-21-22-24-26-28-30-32-36-43(48)50-39-40(38-45)51-44(49)37-33-35-42(47)41(46)34-31-29-27-25-23-16-14-12-10-8-6-4-2/h6,8,12,14,23,25,29,31,40-42,45-47H,3-5,7,9-11,13,15-22,24,26-28,30,32-39H2,1-2H3/b8-6-,14-12-,25-23-,31-29-/t40-,41+,42+/m0/s1. The molecule has 0 aromatic carbocycles. The topological polar surface area (TPSA) is 113 Å². The quantitative estimate of drug-likeness (QED) is 0.0333. The van der Waals surface area contributed by atoms with Gasteiger partial charge in [0.25, 0.3) is 0 Å². The Balaban J connectivity index is 3.76. The lowest BCUT2D eigenvalue weighted by molar-refractivity contribution is -0.161. The van der Waals surface area contributed by atoms with Gasteiger partial charge in [0, 0.05) is 12.8 Å². The second-order valence-corrected chi connectivity index (χ2v) is 14.0. The molecule has 0 aliphatic rings. The second-order valence-electron chi connectivity index (χ2n) is 14.0. The third kappa shape index (κ3) is 35.9. The Morgan fingerprint density at radius 2 is 0.961 bits per heavy atom. The molecule has 0 radical (unpaired) electrons. The first-order chi connectivity index (χ1) is 24.9. The Hall–Kier alpha value is -2.22. The number of esters is 2. The summed E-state index contributed by atoms with van der Waals surface area (Å²) in [6, 6.07) is 0.